The number of nitrogens with zero attached hydrogens (tertiary/aromatic N) is 8. The van der Waals surface area contributed by atoms with E-state index in [-0.39, 0.29) is 34.0 Å². The number of aliphatic hydroxyl groups excluding tert-OH is 2. The lowest BCUT2D eigenvalue weighted by molar-refractivity contribution is -0.0561. The van der Waals surface area contributed by atoms with E-state index >= 15 is 0 Å². The molecule has 24 heteroatoms. The van der Waals surface area contributed by atoms with Crippen LogP contribution < -0.4 is 11.5 Å². The molecular formula is C20H24N10O10P2S2. The number of imidazole rings is 2. The fourth-order valence-corrected chi connectivity index (χ4v) is 8.23. The first-order valence-corrected chi connectivity index (χ1v) is 18.2. The third-order valence-electron chi connectivity index (χ3n) is 7.26. The zero-order valence-corrected chi connectivity index (χ0v) is 25.6. The van der Waals surface area contributed by atoms with Gasteiger partial charge >= 0.3 is 13.6 Å². The summed E-state index contributed by atoms with van der Waals surface area (Å²) < 4.78 is 63.9. The lowest BCUT2D eigenvalue weighted by Crippen LogP contribution is -2.38. The Kier molecular flexibility index (Phi) is 7.63. The standard InChI is InChI=1S/C20H24N10O10P2S2/c21-15-9-17(25-3-23-15)29(5-27-9)19-11(31)13-7(37-19)1-35-41(33,43)40-14-8(2-36-42(34,44)39-13)38-20(12(14)32)30-6-28-10-16(22)24-4-26-18(10)30/h3-8,11-14,19-20,31-32H,1-2H2,(H,33,43)(H,34,44)(H2,21,23,25)(H2,22,24,26)/t7-,8-,11-,12-,13-,14-,19-,20-,41?,42?/m1/s1. The van der Waals surface area contributed by atoms with Crippen molar-refractivity contribution in [2.75, 3.05) is 24.7 Å². The summed E-state index contributed by atoms with van der Waals surface area (Å²) in [7, 11) is 0. The topological polar surface area (TPSA) is 269 Å². The van der Waals surface area contributed by atoms with E-state index in [9.17, 15) is 19.3 Å². The van der Waals surface area contributed by atoms with Crippen LogP contribution in [0.1, 0.15) is 12.5 Å². The van der Waals surface area contributed by atoms with Crippen molar-refractivity contribution in [2.45, 2.75) is 49.1 Å². The number of hydrogen-bond acceptors (Lipinski definition) is 18. The fourth-order valence-electron chi connectivity index (χ4n) is 5.24. The summed E-state index contributed by atoms with van der Waals surface area (Å²) in [4.78, 5) is 24.4. The third-order valence-corrected chi connectivity index (χ3v) is 10.5. The van der Waals surface area contributed by atoms with Crippen LogP contribution in [0.2, 0.25) is 0 Å². The van der Waals surface area contributed by atoms with Gasteiger partial charge in [-0.1, -0.05) is 24.5 Å². The Morgan fingerprint density at radius 3 is 1.55 bits per heavy atom. The van der Waals surface area contributed by atoms with Crippen LogP contribution in [0, 0.1) is 0 Å². The van der Waals surface area contributed by atoms with E-state index in [1.165, 1.54) is 34.4 Å². The average Bonchev–Trinajstić information content (AvgIpc) is 3.73. The molecule has 0 saturated carbocycles. The van der Waals surface area contributed by atoms with Gasteiger partial charge in [0, 0.05) is 0 Å². The molecule has 0 radical (unpaired) electrons. The van der Waals surface area contributed by atoms with Crippen LogP contribution in [0.25, 0.3) is 22.3 Å². The summed E-state index contributed by atoms with van der Waals surface area (Å²) in [5.41, 5.74) is 12.7. The summed E-state index contributed by atoms with van der Waals surface area (Å²) >= 11 is 8.16. The maximum absolute atomic E-state index is 13.4. The molecule has 3 aliphatic heterocycles. The molecule has 3 fully saturated rings. The predicted octanol–water partition coefficient (Wildman–Crippen LogP) is 0.240. The van der Waals surface area contributed by atoms with Gasteiger partial charge in [-0.05, 0) is 0 Å². The second kappa shape index (κ2) is 11.1. The molecule has 7 heterocycles. The maximum Gasteiger partial charge on any atom is 0.386 e. The van der Waals surface area contributed by atoms with Crippen molar-refractivity contribution in [3.05, 3.63) is 25.3 Å². The highest BCUT2D eigenvalue weighted by Gasteiger charge is 2.53. The van der Waals surface area contributed by atoms with Crippen molar-refractivity contribution < 1.29 is 46.9 Å². The van der Waals surface area contributed by atoms with Crippen LogP contribution >= 0.6 is 38.1 Å². The summed E-state index contributed by atoms with van der Waals surface area (Å²) in [5.74, 6) is 0.203. The van der Waals surface area contributed by atoms with Crippen molar-refractivity contribution >= 4 is 72.1 Å². The highest BCUT2D eigenvalue weighted by atomic mass is 32.7. The van der Waals surface area contributed by atoms with E-state index in [0.717, 1.165) is 0 Å². The minimum absolute atomic E-state index is 0.101. The molecule has 10 atom stereocenters. The number of thiol groups is 2. The van der Waals surface area contributed by atoms with Gasteiger partial charge in [0.2, 0.25) is 0 Å². The SMILES string of the molecule is Nc1ncnc2c1ncn2[C@@H]1O[C@@H]2COP(=O)(S)O[C@H]3[C@@H](O)[C@H](n4cnc5c(N)ncnc54)O[C@@H]3COP(=O)(S)O[C@H]2[C@H]1O. The smallest absolute Gasteiger partial charge is 0.386 e. The van der Waals surface area contributed by atoms with E-state index < -0.39 is 75.9 Å². The third kappa shape index (κ3) is 5.27. The van der Waals surface area contributed by atoms with Crippen LogP contribution in [0.15, 0.2) is 25.3 Å². The Labute approximate surface area is 256 Å². The molecule has 0 spiro atoms. The first-order chi connectivity index (χ1) is 20.9. The molecule has 236 valence electrons. The summed E-state index contributed by atoms with van der Waals surface area (Å²) in [6.07, 6.45) is -5.50. The molecular weight excluding hydrogens is 666 g/mol. The Morgan fingerprint density at radius 1 is 0.727 bits per heavy atom. The van der Waals surface area contributed by atoms with Crippen LogP contribution in [0.5, 0.6) is 0 Å². The number of hydrogen-bond donors (Lipinski definition) is 6. The van der Waals surface area contributed by atoms with E-state index in [1.54, 1.807) is 0 Å². The number of ether oxygens (including phenoxy) is 2. The Hall–Kier alpha value is -2.46. The minimum Gasteiger partial charge on any atom is -0.386 e. The second-order valence-corrected chi connectivity index (χ2v) is 15.7. The maximum atomic E-state index is 13.4. The first kappa shape index (κ1) is 30.2. The van der Waals surface area contributed by atoms with Crippen molar-refractivity contribution in [1.82, 2.24) is 39.0 Å². The zero-order chi connectivity index (χ0) is 31.0. The zero-order valence-electron chi connectivity index (χ0n) is 22.0. The highest BCUT2D eigenvalue weighted by Crippen LogP contribution is 2.60. The van der Waals surface area contributed by atoms with Crippen molar-refractivity contribution in [3.8, 4) is 0 Å². The number of aliphatic hydroxyl groups is 2. The summed E-state index contributed by atoms with van der Waals surface area (Å²) in [5, 5.41) is 22.5. The molecule has 0 aromatic carbocycles. The molecule has 2 unspecified atom stereocenters. The molecule has 4 aromatic rings. The Morgan fingerprint density at radius 2 is 1.14 bits per heavy atom. The minimum atomic E-state index is -4.26. The van der Waals surface area contributed by atoms with E-state index in [4.69, 9.17) is 39.0 Å². The van der Waals surface area contributed by atoms with Gasteiger partial charge in [-0.25, -0.2) is 39.0 Å². The molecule has 3 aliphatic rings. The molecule has 7 rings (SSSR count). The van der Waals surface area contributed by atoms with Crippen LogP contribution in [0.4, 0.5) is 11.6 Å². The molecule has 3 saturated heterocycles. The molecule has 0 aliphatic carbocycles. The van der Waals surface area contributed by atoms with Crippen molar-refractivity contribution in [3.63, 3.8) is 0 Å². The van der Waals surface area contributed by atoms with Gasteiger partial charge in [0.05, 0.1) is 25.9 Å². The highest BCUT2D eigenvalue weighted by molar-refractivity contribution is 8.44. The first-order valence-electron chi connectivity index (χ1n) is 12.8. The lowest BCUT2D eigenvalue weighted by atomic mass is 10.1. The quantitative estimate of drug-likeness (QED) is 0.121. The van der Waals surface area contributed by atoms with Crippen LogP contribution in [-0.4, -0.2) is 99.1 Å². The lowest BCUT2D eigenvalue weighted by Gasteiger charge is -2.28. The number of fused-ring (bicyclic) bond motifs is 4. The van der Waals surface area contributed by atoms with Gasteiger partial charge in [-0.15, -0.1) is 0 Å². The number of aromatic nitrogens is 8. The van der Waals surface area contributed by atoms with Gasteiger partial charge in [-0.2, -0.15) is 0 Å². The van der Waals surface area contributed by atoms with Gasteiger partial charge in [-0.3, -0.25) is 27.2 Å². The average molecular weight is 691 g/mol. The molecule has 6 N–H and O–H groups in total. The Bertz CT molecular complexity index is 1700. The summed E-state index contributed by atoms with van der Waals surface area (Å²) in [6.45, 7) is -9.59. The molecule has 0 bridgehead atoms. The predicted molar refractivity (Wildman–Crippen MR) is 154 cm³/mol. The fraction of sp³-hybridized carbons (Fsp3) is 0.500. The monoisotopic (exact) mass is 690 g/mol. The number of nitrogen functional groups attached to an aromatic ring is 2. The van der Waals surface area contributed by atoms with Gasteiger partial charge in [0.15, 0.2) is 35.4 Å². The van der Waals surface area contributed by atoms with Gasteiger partial charge in [0.1, 0.15) is 60.3 Å². The number of rotatable bonds is 2. The molecule has 4 aromatic heterocycles. The van der Waals surface area contributed by atoms with Crippen LogP contribution in [0.3, 0.4) is 0 Å². The van der Waals surface area contributed by atoms with Crippen molar-refractivity contribution in [2.24, 2.45) is 0 Å². The van der Waals surface area contributed by atoms with Gasteiger partial charge < -0.3 is 31.2 Å². The number of anilines is 2. The van der Waals surface area contributed by atoms with E-state index in [1.807, 2.05) is 0 Å². The van der Waals surface area contributed by atoms with E-state index in [2.05, 4.69) is 54.4 Å². The molecule has 44 heavy (non-hydrogen) atoms. The van der Waals surface area contributed by atoms with Gasteiger partial charge in [0.25, 0.3) is 0 Å². The largest absolute Gasteiger partial charge is 0.386 e. The molecule has 20 nitrogen and oxygen atoms in total. The normalized spacial score (nSPS) is 38.3. The second-order valence-electron chi connectivity index (χ2n) is 9.95. The van der Waals surface area contributed by atoms with Crippen LogP contribution in [-0.2, 0) is 36.7 Å². The molecule has 0 amide bonds. The summed E-state index contributed by atoms with van der Waals surface area (Å²) in [6, 6.07) is 0. The Balaban J connectivity index is 1.17. The van der Waals surface area contributed by atoms with Crippen molar-refractivity contribution in [1.29, 1.82) is 0 Å². The van der Waals surface area contributed by atoms with E-state index in [0.29, 0.717) is 0 Å². The number of nitrogens with two attached hydrogens (primary N) is 2.